The molecule has 122 valence electrons. The van der Waals surface area contributed by atoms with Crippen LogP contribution in [-0.2, 0) is 12.8 Å². The van der Waals surface area contributed by atoms with E-state index >= 15 is 0 Å². The zero-order chi connectivity index (χ0) is 16.4. The Morgan fingerprint density at radius 1 is 1.00 bits per heavy atom. The second-order valence-corrected chi connectivity index (χ2v) is 6.02. The Morgan fingerprint density at radius 2 is 1.79 bits per heavy atom. The van der Waals surface area contributed by atoms with Crippen molar-refractivity contribution in [3.05, 3.63) is 65.2 Å². The fraction of sp³-hybridized carbons (Fsp3) is 0.250. The number of fused-ring (bicyclic) bond motifs is 3. The molecule has 4 heteroatoms. The molecule has 24 heavy (non-hydrogen) atoms. The summed E-state index contributed by atoms with van der Waals surface area (Å²) in [6.45, 7) is 0. The number of nitrogens with one attached hydrogen (secondary N) is 1. The van der Waals surface area contributed by atoms with Gasteiger partial charge in [-0.1, -0.05) is 18.2 Å². The van der Waals surface area contributed by atoms with E-state index in [0.717, 1.165) is 29.9 Å². The molecule has 0 saturated carbocycles. The Hall–Kier alpha value is -2.75. The average Bonchev–Trinajstić information content (AvgIpc) is 2.66. The lowest BCUT2D eigenvalue weighted by atomic mass is 9.90. The first-order valence-electron chi connectivity index (χ1n) is 8.32. The molecule has 0 fully saturated rings. The van der Waals surface area contributed by atoms with Gasteiger partial charge in [-0.05, 0) is 55.5 Å². The SMILES string of the molecule is COc1ccc2c3c(/c(=N/Nc4ccccc4)oc2c1)CCCC3. The van der Waals surface area contributed by atoms with Crippen LogP contribution in [0.2, 0.25) is 0 Å². The van der Waals surface area contributed by atoms with E-state index in [1.165, 1.54) is 29.4 Å². The van der Waals surface area contributed by atoms with E-state index in [4.69, 9.17) is 9.15 Å². The number of hydrogen-bond acceptors (Lipinski definition) is 4. The number of aryl methyl sites for hydroxylation is 1. The molecule has 1 aromatic heterocycles. The predicted octanol–water partition coefficient (Wildman–Crippen LogP) is 4.25. The van der Waals surface area contributed by atoms with Crippen molar-refractivity contribution in [1.82, 2.24) is 0 Å². The molecule has 1 N–H and O–H groups in total. The molecule has 0 spiro atoms. The molecule has 0 amide bonds. The van der Waals surface area contributed by atoms with Gasteiger partial charge in [-0.15, -0.1) is 5.10 Å². The van der Waals surface area contributed by atoms with Crippen LogP contribution in [0, 0.1) is 0 Å². The van der Waals surface area contributed by atoms with Gasteiger partial charge in [0.15, 0.2) is 0 Å². The van der Waals surface area contributed by atoms with E-state index < -0.39 is 0 Å². The molecular formula is C20H20N2O2. The Balaban J connectivity index is 1.87. The molecule has 4 rings (SSSR count). The maximum atomic E-state index is 6.12. The van der Waals surface area contributed by atoms with Crippen LogP contribution in [0.5, 0.6) is 5.75 Å². The van der Waals surface area contributed by atoms with Gasteiger partial charge in [0.1, 0.15) is 11.3 Å². The molecule has 1 aliphatic rings. The molecule has 0 unspecified atom stereocenters. The number of ether oxygens (including phenoxy) is 1. The summed E-state index contributed by atoms with van der Waals surface area (Å²) >= 11 is 0. The second-order valence-electron chi connectivity index (χ2n) is 6.02. The first kappa shape index (κ1) is 14.8. The highest BCUT2D eigenvalue weighted by molar-refractivity contribution is 5.82. The highest BCUT2D eigenvalue weighted by atomic mass is 16.5. The standard InChI is InChI=1S/C20H20N2O2/c1-23-15-11-12-17-16-9-5-6-10-18(16)20(24-19(17)13-15)22-21-14-7-3-2-4-8-14/h2-4,7-8,11-13,21H,5-6,9-10H2,1H3/b22-20-. The zero-order valence-corrected chi connectivity index (χ0v) is 13.7. The fourth-order valence-corrected chi connectivity index (χ4v) is 3.29. The minimum Gasteiger partial charge on any atom is -0.497 e. The van der Waals surface area contributed by atoms with Crippen molar-refractivity contribution >= 4 is 16.7 Å². The van der Waals surface area contributed by atoms with Gasteiger partial charge in [0, 0.05) is 17.0 Å². The van der Waals surface area contributed by atoms with Crippen molar-refractivity contribution in [3.63, 3.8) is 0 Å². The quantitative estimate of drug-likeness (QED) is 0.734. The minimum atomic E-state index is 0.675. The van der Waals surface area contributed by atoms with E-state index in [1.807, 2.05) is 42.5 Å². The Labute approximate surface area is 140 Å². The summed E-state index contributed by atoms with van der Waals surface area (Å²) in [5.74, 6) is 0.795. The molecule has 1 heterocycles. The van der Waals surface area contributed by atoms with Gasteiger partial charge in [-0.2, -0.15) is 0 Å². The van der Waals surface area contributed by atoms with Crippen LogP contribution < -0.4 is 15.7 Å². The van der Waals surface area contributed by atoms with Crippen LogP contribution in [0.25, 0.3) is 11.0 Å². The molecular weight excluding hydrogens is 300 g/mol. The van der Waals surface area contributed by atoms with Gasteiger partial charge in [0.25, 0.3) is 0 Å². The minimum absolute atomic E-state index is 0.675. The Kier molecular flexibility index (Phi) is 3.95. The van der Waals surface area contributed by atoms with Crippen LogP contribution >= 0.6 is 0 Å². The van der Waals surface area contributed by atoms with Crippen LogP contribution in [0.15, 0.2) is 58.0 Å². The number of methoxy groups -OCH3 is 1. The van der Waals surface area contributed by atoms with Crippen molar-refractivity contribution < 1.29 is 9.15 Å². The number of anilines is 1. The van der Waals surface area contributed by atoms with Crippen molar-refractivity contribution in [2.24, 2.45) is 5.10 Å². The fourth-order valence-electron chi connectivity index (χ4n) is 3.29. The Bertz CT molecular complexity index is 930. The summed E-state index contributed by atoms with van der Waals surface area (Å²) < 4.78 is 11.4. The normalized spacial score (nSPS) is 14.5. The lowest BCUT2D eigenvalue weighted by molar-refractivity contribution is 0.413. The molecule has 0 bridgehead atoms. The molecule has 0 radical (unpaired) electrons. The lowest BCUT2D eigenvalue weighted by Gasteiger charge is -2.17. The first-order chi connectivity index (χ1) is 11.8. The Morgan fingerprint density at radius 3 is 2.58 bits per heavy atom. The zero-order valence-electron chi connectivity index (χ0n) is 13.7. The van der Waals surface area contributed by atoms with Crippen LogP contribution in [-0.4, -0.2) is 7.11 Å². The highest BCUT2D eigenvalue weighted by Crippen LogP contribution is 2.29. The largest absolute Gasteiger partial charge is 0.497 e. The average molecular weight is 320 g/mol. The smallest absolute Gasteiger partial charge is 0.239 e. The van der Waals surface area contributed by atoms with E-state index in [-0.39, 0.29) is 0 Å². The third-order valence-corrected chi connectivity index (χ3v) is 4.51. The number of para-hydroxylation sites is 1. The second kappa shape index (κ2) is 6.40. The third-order valence-electron chi connectivity index (χ3n) is 4.51. The first-order valence-corrected chi connectivity index (χ1v) is 8.32. The van der Waals surface area contributed by atoms with Crippen molar-refractivity contribution in [3.8, 4) is 5.75 Å². The molecule has 0 aliphatic heterocycles. The molecule has 1 aliphatic carbocycles. The van der Waals surface area contributed by atoms with E-state index in [1.54, 1.807) is 7.11 Å². The van der Waals surface area contributed by atoms with Gasteiger partial charge in [-0.3, -0.25) is 5.43 Å². The van der Waals surface area contributed by atoms with Gasteiger partial charge in [-0.25, -0.2) is 0 Å². The van der Waals surface area contributed by atoms with E-state index in [9.17, 15) is 0 Å². The van der Waals surface area contributed by atoms with Gasteiger partial charge in [0.2, 0.25) is 5.55 Å². The number of rotatable bonds is 3. The van der Waals surface area contributed by atoms with Crippen LogP contribution in [0.3, 0.4) is 0 Å². The van der Waals surface area contributed by atoms with Crippen molar-refractivity contribution in [1.29, 1.82) is 0 Å². The molecule has 3 aromatic rings. The van der Waals surface area contributed by atoms with Gasteiger partial charge < -0.3 is 9.15 Å². The third kappa shape index (κ3) is 2.75. The van der Waals surface area contributed by atoms with Crippen LogP contribution in [0.4, 0.5) is 5.69 Å². The molecule has 4 nitrogen and oxygen atoms in total. The summed E-state index contributed by atoms with van der Waals surface area (Å²) in [7, 11) is 1.67. The van der Waals surface area contributed by atoms with Gasteiger partial charge in [0.05, 0.1) is 12.8 Å². The summed E-state index contributed by atoms with van der Waals surface area (Å²) in [4.78, 5) is 0. The van der Waals surface area contributed by atoms with Crippen LogP contribution in [0.1, 0.15) is 24.0 Å². The lowest BCUT2D eigenvalue weighted by Crippen LogP contribution is -2.18. The summed E-state index contributed by atoms with van der Waals surface area (Å²) in [6.07, 6.45) is 4.47. The van der Waals surface area contributed by atoms with E-state index in [0.29, 0.717) is 5.55 Å². The predicted molar refractivity (Wildman–Crippen MR) is 95.0 cm³/mol. The summed E-state index contributed by atoms with van der Waals surface area (Å²) in [5, 5.41) is 5.71. The molecule has 2 aromatic carbocycles. The highest BCUT2D eigenvalue weighted by Gasteiger charge is 2.17. The summed E-state index contributed by atoms with van der Waals surface area (Å²) in [6, 6.07) is 15.9. The maximum absolute atomic E-state index is 6.12. The summed E-state index contributed by atoms with van der Waals surface area (Å²) in [5.41, 5.74) is 8.13. The maximum Gasteiger partial charge on any atom is 0.239 e. The van der Waals surface area contributed by atoms with Crippen molar-refractivity contribution in [2.75, 3.05) is 12.5 Å². The molecule has 0 atom stereocenters. The topological polar surface area (TPSA) is 46.8 Å². The monoisotopic (exact) mass is 320 g/mol. The van der Waals surface area contributed by atoms with E-state index in [2.05, 4.69) is 16.6 Å². The number of hydrogen-bond donors (Lipinski definition) is 1. The van der Waals surface area contributed by atoms with Crippen molar-refractivity contribution in [2.45, 2.75) is 25.7 Å². The number of nitrogens with zero attached hydrogens (tertiary/aromatic N) is 1. The van der Waals surface area contributed by atoms with Gasteiger partial charge >= 0.3 is 0 Å². The molecule has 0 saturated heterocycles. The number of benzene rings is 2.